The lowest BCUT2D eigenvalue weighted by molar-refractivity contribution is -1.01. The van der Waals surface area contributed by atoms with E-state index in [0.717, 1.165) is 38.4 Å². The van der Waals surface area contributed by atoms with Crippen LogP contribution < -0.4 is 15.1 Å². The first kappa shape index (κ1) is 17.8. The molecule has 0 aliphatic carbocycles. The fourth-order valence-electron chi connectivity index (χ4n) is 3.19. The number of quaternary nitrogens is 2. The predicted octanol–water partition coefficient (Wildman–Crippen LogP) is -0.127. The monoisotopic (exact) mass is 359 g/mol. The first-order chi connectivity index (χ1) is 12.1. The van der Waals surface area contributed by atoms with E-state index in [9.17, 15) is 9.59 Å². The van der Waals surface area contributed by atoms with Crippen LogP contribution >= 0.6 is 11.3 Å². The third kappa shape index (κ3) is 5.22. The lowest BCUT2D eigenvalue weighted by Gasteiger charge is -2.29. The van der Waals surface area contributed by atoms with Gasteiger partial charge in [-0.15, -0.1) is 11.3 Å². The number of benzene rings is 1. The van der Waals surface area contributed by atoms with Gasteiger partial charge >= 0.3 is 0 Å². The van der Waals surface area contributed by atoms with E-state index < -0.39 is 0 Å². The summed E-state index contributed by atoms with van der Waals surface area (Å²) in [4.78, 5) is 27.9. The molecule has 1 aliphatic heterocycles. The Labute approximate surface area is 152 Å². The number of anilines is 1. The minimum absolute atomic E-state index is 0.0326. The third-order valence-corrected chi connectivity index (χ3v) is 5.53. The van der Waals surface area contributed by atoms with Crippen LogP contribution in [0.5, 0.6) is 0 Å². The number of rotatable bonds is 6. The molecule has 1 aromatic carbocycles. The smallest absolute Gasteiger partial charge is 0.279 e. The van der Waals surface area contributed by atoms with Crippen LogP contribution in [0.4, 0.5) is 5.69 Å². The van der Waals surface area contributed by atoms with Crippen molar-refractivity contribution in [3.05, 3.63) is 52.2 Å². The minimum atomic E-state index is 0.0326. The van der Waals surface area contributed by atoms with Crippen molar-refractivity contribution in [3.63, 3.8) is 0 Å². The topological polar surface area (TPSA) is 55.0 Å². The maximum atomic E-state index is 12.2. The molecule has 0 atom stereocenters. The summed E-state index contributed by atoms with van der Waals surface area (Å²) in [6.45, 7) is 7.40. The van der Waals surface area contributed by atoms with Crippen molar-refractivity contribution in [1.82, 2.24) is 0 Å². The van der Waals surface area contributed by atoms with E-state index in [0.29, 0.717) is 12.1 Å². The molecule has 1 amide bonds. The number of thiophene rings is 1. The SMILES string of the molecule is CC(=O)c1ccc(NC(=O)C[NH+]2CC[NH+](Cc3cccs3)CC2)cc1. The second-order valence-electron chi connectivity index (χ2n) is 6.61. The highest BCUT2D eigenvalue weighted by Gasteiger charge is 2.25. The zero-order valence-electron chi connectivity index (χ0n) is 14.5. The number of nitrogens with one attached hydrogen (secondary N) is 3. The molecular formula is C19H25N3O2S+2. The molecular weight excluding hydrogens is 334 g/mol. The zero-order chi connectivity index (χ0) is 17.6. The van der Waals surface area contributed by atoms with Gasteiger partial charge < -0.3 is 15.1 Å². The van der Waals surface area contributed by atoms with E-state index in [1.165, 1.54) is 16.7 Å². The van der Waals surface area contributed by atoms with Crippen LogP contribution in [0.3, 0.4) is 0 Å². The maximum Gasteiger partial charge on any atom is 0.279 e. The quantitative estimate of drug-likeness (QED) is 0.630. The molecule has 3 rings (SSSR count). The summed E-state index contributed by atoms with van der Waals surface area (Å²) in [6, 6.07) is 11.4. The summed E-state index contributed by atoms with van der Waals surface area (Å²) in [7, 11) is 0. The predicted molar refractivity (Wildman–Crippen MR) is 99.4 cm³/mol. The number of amides is 1. The average molecular weight is 359 g/mol. The van der Waals surface area contributed by atoms with Gasteiger partial charge in [0.25, 0.3) is 5.91 Å². The summed E-state index contributed by atoms with van der Waals surface area (Å²) in [5.41, 5.74) is 1.41. The molecule has 6 heteroatoms. The van der Waals surface area contributed by atoms with Crippen molar-refractivity contribution in [2.24, 2.45) is 0 Å². The molecule has 1 saturated heterocycles. The standard InChI is InChI=1S/C19H23N3O2S/c1-15(23)16-4-6-17(7-5-16)20-19(24)14-22-10-8-21(9-11-22)13-18-3-2-12-25-18/h2-7,12H,8-11,13-14H2,1H3,(H,20,24)/p+2. The van der Waals surface area contributed by atoms with Gasteiger partial charge in [-0.2, -0.15) is 0 Å². The lowest BCUT2D eigenvalue weighted by Crippen LogP contribution is -3.28. The number of carbonyl (C=O) groups is 2. The van der Waals surface area contributed by atoms with Crippen molar-refractivity contribution in [2.75, 3.05) is 38.0 Å². The van der Waals surface area contributed by atoms with Crippen molar-refractivity contribution in [3.8, 4) is 0 Å². The van der Waals surface area contributed by atoms with Crippen LogP contribution in [-0.2, 0) is 11.3 Å². The first-order valence-corrected chi connectivity index (χ1v) is 9.58. The van der Waals surface area contributed by atoms with E-state index >= 15 is 0 Å². The van der Waals surface area contributed by atoms with E-state index in [4.69, 9.17) is 0 Å². The van der Waals surface area contributed by atoms with Gasteiger partial charge in [0.15, 0.2) is 12.3 Å². The Morgan fingerprint density at radius 3 is 2.32 bits per heavy atom. The summed E-state index contributed by atoms with van der Waals surface area (Å²) in [6.07, 6.45) is 0. The molecule has 25 heavy (non-hydrogen) atoms. The van der Waals surface area contributed by atoms with E-state index in [2.05, 4.69) is 22.8 Å². The minimum Gasteiger partial charge on any atom is -0.321 e. The van der Waals surface area contributed by atoms with Gasteiger partial charge in [0.2, 0.25) is 0 Å². The highest BCUT2D eigenvalue weighted by atomic mass is 32.1. The molecule has 1 aromatic heterocycles. The molecule has 0 radical (unpaired) electrons. The van der Waals surface area contributed by atoms with Crippen LogP contribution in [0, 0.1) is 0 Å². The van der Waals surface area contributed by atoms with E-state index in [-0.39, 0.29) is 11.7 Å². The maximum absolute atomic E-state index is 12.2. The Hall–Kier alpha value is -2.02. The molecule has 5 nitrogen and oxygen atoms in total. The summed E-state index contributed by atoms with van der Waals surface area (Å²) >= 11 is 1.82. The second-order valence-corrected chi connectivity index (χ2v) is 7.65. The van der Waals surface area contributed by atoms with Crippen LogP contribution in [0.25, 0.3) is 0 Å². The molecule has 0 saturated carbocycles. The molecule has 1 fully saturated rings. The Morgan fingerprint density at radius 1 is 1.04 bits per heavy atom. The van der Waals surface area contributed by atoms with Crippen molar-refractivity contribution in [2.45, 2.75) is 13.5 Å². The Bertz CT molecular complexity index is 705. The lowest BCUT2D eigenvalue weighted by atomic mass is 10.1. The fraction of sp³-hybridized carbons (Fsp3) is 0.368. The summed E-state index contributed by atoms with van der Waals surface area (Å²) in [5, 5.41) is 5.06. The third-order valence-electron chi connectivity index (χ3n) is 4.65. The van der Waals surface area contributed by atoms with Gasteiger partial charge in [-0.3, -0.25) is 9.59 Å². The van der Waals surface area contributed by atoms with Crippen LogP contribution in [0.1, 0.15) is 22.2 Å². The van der Waals surface area contributed by atoms with Gasteiger partial charge in [-0.05, 0) is 42.6 Å². The number of piperazine rings is 1. The summed E-state index contributed by atoms with van der Waals surface area (Å²) in [5.74, 6) is 0.0672. The van der Waals surface area contributed by atoms with Crippen molar-refractivity contribution >= 4 is 28.7 Å². The van der Waals surface area contributed by atoms with Gasteiger partial charge in [-0.25, -0.2) is 0 Å². The Kier molecular flexibility index (Phi) is 5.96. The summed E-state index contributed by atoms with van der Waals surface area (Å²) < 4.78 is 0. The van der Waals surface area contributed by atoms with Crippen molar-refractivity contribution in [1.29, 1.82) is 0 Å². The number of Topliss-reactive ketones (excluding diaryl/α,β-unsaturated/α-hetero) is 1. The van der Waals surface area contributed by atoms with E-state index in [1.54, 1.807) is 29.2 Å². The van der Waals surface area contributed by atoms with Crippen LogP contribution in [0.15, 0.2) is 41.8 Å². The van der Waals surface area contributed by atoms with Crippen molar-refractivity contribution < 1.29 is 19.4 Å². The van der Waals surface area contributed by atoms with Gasteiger partial charge in [0, 0.05) is 11.3 Å². The largest absolute Gasteiger partial charge is 0.321 e. The molecule has 0 spiro atoms. The van der Waals surface area contributed by atoms with Crippen LogP contribution in [0.2, 0.25) is 0 Å². The normalized spacial score (nSPS) is 20.2. The Balaban J connectivity index is 1.42. The van der Waals surface area contributed by atoms with Gasteiger partial charge in [-0.1, -0.05) is 6.07 Å². The highest BCUT2D eigenvalue weighted by Crippen LogP contribution is 2.09. The van der Waals surface area contributed by atoms with Crippen LogP contribution in [-0.4, -0.2) is 44.4 Å². The Morgan fingerprint density at radius 2 is 1.72 bits per heavy atom. The number of carbonyl (C=O) groups excluding carboxylic acids is 2. The first-order valence-electron chi connectivity index (χ1n) is 8.70. The molecule has 0 bridgehead atoms. The van der Waals surface area contributed by atoms with Gasteiger partial charge in [0.1, 0.15) is 32.7 Å². The molecule has 3 N–H and O–H groups in total. The number of hydrogen-bond donors (Lipinski definition) is 3. The zero-order valence-corrected chi connectivity index (χ0v) is 15.3. The highest BCUT2D eigenvalue weighted by molar-refractivity contribution is 7.09. The van der Waals surface area contributed by atoms with E-state index in [1.807, 2.05) is 11.3 Å². The molecule has 0 unspecified atom stereocenters. The molecule has 2 heterocycles. The molecule has 1 aliphatic rings. The molecule has 132 valence electrons. The fourth-order valence-corrected chi connectivity index (χ4v) is 3.97. The second kappa shape index (κ2) is 8.38. The average Bonchev–Trinajstić information content (AvgIpc) is 3.10. The number of ketones is 1. The van der Waals surface area contributed by atoms with Gasteiger partial charge in [0.05, 0.1) is 4.88 Å². The molecule has 2 aromatic rings. The number of hydrogen-bond acceptors (Lipinski definition) is 3.